The van der Waals surface area contributed by atoms with Crippen molar-refractivity contribution in [3.63, 3.8) is 0 Å². The van der Waals surface area contributed by atoms with Crippen molar-refractivity contribution < 1.29 is 18.3 Å². The van der Waals surface area contributed by atoms with E-state index in [-0.39, 0.29) is 18.1 Å². The molecule has 4 nitrogen and oxygen atoms in total. The van der Waals surface area contributed by atoms with Gasteiger partial charge < -0.3 is 14.5 Å². The van der Waals surface area contributed by atoms with Gasteiger partial charge in [-0.1, -0.05) is 39.7 Å². The zero-order valence-electron chi connectivity index (χ0n) is 12.8. The van der Waals surface area contributed by atoms with Crippen LogP contribution in [0.1, 0.15) is 16.3 Å². The van der Waals surface area contributed by atoms with Crippen molar-refractivity contribution in [2.75, 3.05) is 5.32 Å². The molecule has 0 fully saturated rings. The van der Waals surface area contributed by atoms with Gasteiger partial charge in [-0.15, -0.1) is 0 Å². The van der Waals surface area contributed by atoms with Gasteiger partial charge in [0.15, 0.2) is 5.76 Å². The number of hydrogen-bond acceptors (Lipinski definition) is 3. The molecule has 0 saturated carbocycles. The van der Waals surface area contributed by atoms with Crippen molar-refractivity contribution in [1.29, 1.82) is 0 Å². The molecule has 0 saturated heterocycles. The van der Waals surface area contributed by atoms with E-state index in [0.29, 0.717) is 21.0 Å². The molecule has 7 heteroatoms. The Morgan fingerprint density at radius 1 is 1.20 bits per heavy atom. The number of hydrogen-bond donors (Lipinski definition) is 1. The largest absolute Gasteiger partial charge is 0.484 e. The Morgan fingerprint density at radius 3 is 2.76 bits per heavy atom. The minimum absolute atomic E-state index is 0.0556. The lowest BCUT2D eigenvalue weighted by atomic mass is 10.3. The van der Waals surface area contributed by atoms with Crippen molar-refractivity contribution in [2.24, 2.45) is 0 Å². The third-order valence-electron chi connectivity index (χ3n) is 3.27. The molecule has 2 aromatic carbocycles. The van der Waals surface area contributed by atoms with E-state index in [4.69, 9.17) is 20.8 Å². The van der Waals surface area contributed by atoms with Gasteiger partial charge in [0.1, 0.15) is 23.9 Å². The van der Waals surface area contributed by atoms with Crippen LogP contribution in [0.5, 0.6) is 5.75 Å². The van der Waals surface area contributed by atoms with Crippen molar-refractivity contribution in [1.82, 2.24) is 0 Å². The number of anilines is 1. The molecule has 0 aliphatic carbocycles. The fourth-order valence-electron chi connectivity index (χ4n) is 2.06. The number of amides is 1. The molecule has 0 bridgehead atoms. The molecule has 0 aliphatic rings. The number of ether oxygens (including phenoxy) is 1. The van der Waals surface area contributed by atoms with Gasteiger partial charge in [-0.3, -0.25) is 4.79 Å². The number of benzene rings is 2. The van der Waals surface area contributed by atoms with Crippen LogP contribution in [0.15, 0.2) is 63.5 Å². The minimum Gasteiger partial charge on any atom is -0.484 e. The number of furan rings is 1. The average molecular weight is 425 g/mol. The maximum absolute atomic E-state index is 13.8. The lowest BCUT2D eigenvalue weighted by molar-refractivity contribution is 0.0992. The minimum atomic E-state index is -0.551. The van der Waals surface area contributed by atoms with E-state index >= 15 is 0 Å². The molecule has 3 aromatic rings. The SMILES string of the molecule is O=C(Nc1ccc(Br)cc1F)c1ccc(COc2ccccc2Cl)o1. The van der Waals surface area contributed by atoms with Crippen LogP contribution in [0.25, 0.3) is 0 Å². The first-order chi connectivity index (χ1) is 12.0. The Balaban J connectivity index is 1.64. The number of para-hydroxylation sites is 1. The highest BCUT2D eigenvalue weighted by Gasteiger charge is 2.14. The molecule has 0 spiro atoms. The Kier molecular flexibility index (Phi) is 5.40. The molecule has 3 rings (SSSR count). The van der Waals surface area contributed by atoms with Crippen LogP contribution >= 0.6 is 27.5 Å². The van der Waals surface area contributed by atoms with Crippen LogP contribution in [-0.2, 0) is 6.61 Å². The second kappa shape index (κ2) is 7.72. The molecule has 0 unspecified atom stereocenters. The fraction of sp³-hybridized carbons (Fsp3) is 0.0556. The first-order valence-electron chi connectivity index (χ1n) is 7.25. The lowest BCUT2D eigenvalue weighted by Gasteiger charge is -2.06. The van der Waals surface area contributed by atoms with E-state index in [0.717, 1.165) is 0 Å². The Bertz CT molecular complexity index is 913. The molecule has 1 aromatic heterocycles. The van der Waals surface area contributed by atoms with E-state index < -0.39 is 11.7 Å². The van der Waals surface area contributed by atoms with Crippen LogP contribution in [-0.4, -0.2) is 5.91 Å². The summed E-state index contributed by atoms with van der Waals surface area (Å²) < 4.78 is 25.3. The molecule has 128 valence electrons. The summed E-state index contributed by atoms with van der Waals surface area (Å²) in [5, 5.41) is 2.94. The van der Waals surface area contributed by atoms with Gasteiger partial charge in [-0.2, -0.15) is 0 Å². The van der Waals surface area contributed by atoms with Crippen molar-refractivity contribution in [3.8, 4) is 5.75 Å². The second-order valence-electron chi connectivity index (χ2n) is 5.06. The topological polar surface area (TPSA) is 51.5 Å². The van der Waals surface area contributed by atoms with Gasteiger partial charge >= 0.3 is 0 Å². The summed E-state index contributed by atoms with van der Waals surface area (Å²) in [5.74, 6) is -0.0771. The quantitative estimate of drug-likeness (QED) is 0.574. The molecular weight excluding hydrogens is 413 g/mol. The zero-order valence-corrected chi connectivity index (χ0v) is 15.1. The summed E-state index contributed by atoms with van der Waals surface area (Å²) in [7, 11) is 0. The molecule has 0 aliphatic heterocycles. The normalized spacial score (nSPS) is 10.5. The molecule has 0 atom stereocenters. The van der Waals surface area contributed by atoms with Gasteiger partial charge in [0.25, 0.3) is 5.91 Å². The van der Waals surface area contributed by atoms with Crippen LogP contribution in [0.3, 0.4) is 0 Å². The number of carbonyl (C=O) groups is 1. The van der Waals surface area contributed by atoms with Crippen molar-refractivity contribution >= 4 is 39.1 Å². The highest BCUT2D eigenvalue weighted by Crippen LogP contribution is 2.25. The summed E-state index contributed by atoms with van der Waals surface area (Å²) in [6.07, 6.45) is 0. The third-order valence-corrected chi connectivity index (χ3v) is 4.08. The van der Waals surface area contributed by atoms with E-state index in [2.05, 4.69) is 21.2 Å². The Hall–Kier alpha value is -2.31. The zero-order chi connectivity index (χ0) is 17.8. The predicted octanol–water partition coefficient (Wildman–Crippen LogP) is 5.67. The highest BCUT2D eigenvalue weighted by atomic mass is 79.9. The van der Waals surface area contributed by atoms with Gasteiger partial charge in [0.2, 0.25) is 0 Å². The summed E-state index contributed by atoms with van der Waals surface area (Å²) in [4.78, 5) is 12.1. The third kappa shape index (κ3) is 4.41. The maximum Gasteiger partial charge on any atom is 0.291 e. The monoisotopic (exact) mass is 423 g/mol. The van der Waals surface area contributed by atoms with Crippen molar-refractivity contribution in [2.45, 2.75) is 6.61 Å². The van der Waals surface area contributed by atoms with Crippen LogP contribution in [0, 0.1) is 5.82 Å². The van der Waals surface area contributed by atoms with Gasteiger partial charge in [-0.05, 0) is 42.5 Å². The number of carbonyl (C=O) groups excluding carboxylic acids is 1. The standard InChI is InChI=1S/C18H12BrClFNO3/c19-11-5-7-15(14(21)9-11)22-18(23)17-8-6-12(25-17)10-24-16-4-2-1-3-13(16)20/h1-9H,10H2,(H,22,23). The number of halogens is 3. The fourth-order valence-corrected chi connectivity index (χ4v) is 2.59. The van der Waals surface area contributed by atoms with E-state index in [9.17, 15) is 9.18 Å². The molecular formula is C18H12BrClFNO3. The lowest BCUT2D eigenvalue weighted by Crippen LogP contribution is -2.12. The molecule has 1 N–H and O–H groups in total. The second-order valence-corrected chi connectivity index (χ2v) is 6.39. The average Bonchev–Trinajstić information content (AvgIpc) is 3.06. The van der Waals surface area contributed by atoms with Crippen molar-refractivity contribution in [3.05, 3.63) is 81.4 Å². The highest BCUT2D eigenvalue weighted by molar-refractivity contribution is 9.10. The summed E-state index contributed by atoms with van der Waals surface area (Å²) >= 11 is 9.16. The van der Waals surface area contributed by atoms with Gasteiger partial charge in [-0.25, -0.2) is 4.39 Å². The van der Waals surface area contributed by atoms with Crippen LogP contribution in [0.4, 0.5) is 10.1 Å². The predicted molar refractivity (Wildman–Crippen MR) is 96.5 cm³/mol. The van der Waals surface area contributed by atoms with Gasteiger partial charge in [0.05, 0.1) is 10.7 Å². The van der Waals surface area contributed by atoms with E-state index in [1.54, 1.807) is 36.4 Å². The number of rotatable bonds is 5. The Labute approximate surface area is 156 Å². The molecule has 1 amide bonds. The first-order valence-corrected chi connectivity index (χ1v) is 8.42. The summed E-state index contributed by atoms with van der Waals surface area (Å²) in [5.41, 5.74) is 0.0680. The first kappa shape index (κ1) is 17.5. The van der Waals surface area contributed by atoms with Gasteiger partial charge in [0, 0.05) is 4.47 Å². The number of nitrogens with one attached hydrogen (secondary N) is 1. The summed E-state index contributed by atoms with van der Waals surface area (Å²) in [6.45, 7) is 0.115. The van der Waals surface area contributed by atoms with Crippen LogP contribution < -0.4 is 10.1 Å². The van der Waals surface area contributed by atoms with E-state index in [1.807, 2.05) is 0 Å². The Morgan fingerprint density at radius 2 is 2.00 bits per heavy atom. The summed E-state index contributed by atoms with van der Waals surface area (Å²) in [6, 6.07) is 14.5. The van der Waals surface area contributed by atoms with Crippen LogP contribution in [0.2, 0.25) is 5.02 Å². The molecule has 0 radical (unpaired) electrons. The molecule has 1 heterocycles. The smallest absolute Gasteiger partial charge is 0.291 e. The van der Waals surface area contributed by atoms with E-state index in [1.165, 1.54) is 18.2 Å². The molecule has 25 heavy (non-hydrogen) atoms. The maximum atomic E-state index is 13.8.